The number of carbonyl (C=O) groups excluding carboxylic acids is 1. The van der Waals surface area contributed by atoms with Crippen molar-refractivity contribution in [3.63, 3.8) is 0 Å². The standard InChI is InChI=1S/C21H30N8O/c1-3-22-21(24-13-17-6-7-23-19(12-17)27-8-4-5-9-27)28-10-11-29(20(30)16-28)18-14-25-26(2)15-18/h6-7,12,14-15H,3-5,8-11,13,16H2,1-2H3,(H,22,24). The summed E-state index contributed by atoms with van der Waals surface area (Å²) in [6.45, 7) is 7.15. The van der Waals surface area contributed by atoms with Gasteiger partial charge in [0.05, 0.1) is 18.4 Å². The summed E-state index contributed by atoms with van der Waals surface area (Å²) in [6.07, 6.45) is 7.92. The lowest BCUT2D eigenvalue weighted by molar-refractivity contribution is -0.120. The number of piperazine rings is 1. The third kappa shape index (κ3) is 4.55. The second-order valence-electron chi connectivity index (χ2n) is 7.73. The van der Waals surface area contributed by atoms with Crippen molar-refractivity contribution in [2.45, 2.75) is 26.3 Å². The van der Waals surface area contributed by atoms with Gasteiger partial charge in [-0.1, -0.05) is 0 Å². The summed E-state index contributed by atoms with van der Waals surface area (Å²) in [5.74, 6) is 1.86. The molecule has 2 aromatic heterocycles. The molecule has 9 heteroatoms. The molecule has 2 aromatic rings. The molecular formula is C21H30N8O. The molecule has 30 heavy (non-hydrogen) atoms. The molecule has 4 heterocycles. The fraction of sp³-hybridized carbons (Fsp3) is 0.524. The summed E-state index contributed by atoms with van der Waals surface area (Å²) in [4.78, 5) is 28.2. The molecule has 0 saturated carbocycles. The number of rotatable bonds is 5. The minimum atomic E-state index is 0.0556. The second-order valence-corrected chi connectivity index (χ2v) is 7.73. The minimum Gasteiger partial charge on any atom is -0.357 e. The number of nitrogens with zero attached hydrogens (tertiary/aromatic N) is 7. The van der Waals surface area contributed by atoms with Crippen molar-refractivity contribution in [2.24, 2.45) is 12.0 Å². The zero-order chi connectivity index (χ0) is 20.9. The fourth-order valence-electron chi connectivity index (χ4n) is 3.94. The topological polar surface area (TPSA) is 81.9 Å². The zero-order valence-corrected chi connectivity index (χ0v) is 17.8. The van der Waals surface area contributed by atoms with Gasteiger partial charge in [0.1, 0.15) is 12.4 Å². The third-order valence-corrected chi connectivity index (χ3v) is 5.51. The van der Waals surface area contributed by atoms with Crippen LogP contribution >= 0.6 is 0 Å². The van der Waals surface area contributed by atoms with Gasteiger partial charge in [0.15, 0.2) is 5.96 Å². The highest BCUT2D eigenvalue weighted by molar-refractivity contribution is 5.98. The third-order valence-electron chi connectivity index (χ3n) is 5.51. The largest absolute Gasteiger partial charge is 0.357 e. The van der Waals surface area contributed by atoms with Gasteiger partial charge in [-0.05, 0) is 37.5 Å². The lowest BCUT2D eigenvalue weighted by Gasteiger charge is -2.35. The Morgan fingerprint density at radius 3 is 2.77 bits per heavy atom. The van der Waals surface area contributed by atoms with Gasteiger partial charge in [-0.15, -0.1) is 0 Å². The molecule has 160 valence electrons. The first-order valence-electron chi connectivity index (χ1n) is 10.7. The predicted octanol–water partition coefficient (Wildman–Crippen LogP) is 1.23. The Hall–Kier alpha value is -3.10. The number of pyridine rings is 1. The van der Waals surface area contributed by atoms with E-state index in [1.165, 1.54) is 12.8 Å². The number of anilines is 2. The van der Waals surface area contributed by atoms with E-state index in [0.717, 1.165) is 49.2 Å². The van der Waals surface area contributed by atoms with Crippen LogP contribution < -0.4 is 15.1 Å². The van der Waals surface area contributed by atoms with Gasteiger partial charge in [-0.25, -0.2) is 9.98 Å². The van der Waals surface area contributed by atoms with E-state index < -0.39 is 0 Å². The lowest BCUT2D eigenvalue weighted by Crippen LogP contribution is -2.55. The summed E-state index contributed by atoms with van der Waals surface area (Å²) in [5.41, 5.74) is 1.97. The second kappa shape index (κ2) is 9.15. The molecular weight excluding hydrogens is 380 g/mol. The minimum absolute atomic E-state index is 0.0556. The Morgan fingerprint density at radius 1 is 1.23 bits per heavy atom. The molecule has 0 aliphatic carbocycles. The maximum Gasteiger partial charge on any atom is 0.246 e. The van der Waals surface area contributed by atoms with Gasteiger partial charge >= 0.3 is 0 Å². The first kappa shape index (κ1) is 20.2. The molecule has 2 aliphatic heterocycles. The van der Waals surface area contributed by atoms with E-state index >= 15 is 0 Å². The summed E-state index contributed by atoms with van der Waals surface area (Å²) >= 11 is 0. The van der Waals surface area contributed by atoms with Crippen LogP contribution in [0.15, 0.2) is 35.7 Å². The molecule has 0 aromatic carbocycles. The van der Waals surface area contributed by atoms with Crippen molar-refractivity contribution in [3.8, 4) is 0 Å². The number of nitrogens with one attached hydrogen (secondary N) is 1. The van der Waals surface area contributed by atoms with Gasteiger partial charge in [-0.2, -0.15) is 5.10 Å². The first-order chi connectivity index (χ1) is 14.6. The smallest absolute Gasteiger partial charge is 0.246 e. The summed E-state index contributed by atoms with van der Waals surface area (Å²) in [7, 11) is 1.86. The number of hydrogen-bond donors (Lipinski definition) is 1. The van der Waals surface area contributed by atoms with Gasteiger partial charge in [0.2, 0.25) is 5.91 Å². The van der Waals surface area contributed by atoms with E-state index in [1.807, 2.05) is 37.3 Å². The normalized spacial score (nSPS) is 17.7. The van der Waals surface area contributed by atoms with Crippen molar-refractivity contribution in [3.05, 3.63) is 36.3 Å². The molecule has 0 spiro atoms. The molecule has 1 amide bonds. The highest BCUT2D eigenvalue weighted by Crippen LogP contribution is 2.19. The number of guanidine groups is 1. The van der Waals surface area contributed by atoms with Crippen LogP contribution in [-0.4, -0.2) is 70.8 Å². The Morgan fingerprint density at radius 2 is 2.07 bits per heavy atom. The molecule has 2 saturated heterocycles. The van der Waals surface area contributed by atoms with Crippen molar-refractivity contribution in [1.82, 2.24) is 25.0 Å². The van der Waals surface area contributed by atoms with Gasteiger partial charge in [0, 0.05) is 52.2 Å². The molecule has 4 rings (SSSR count). The quantitative estimate of drug-likeness (QED) is 0.590. The van der Waals surface area contributed by atoms with Gasteiger partial charge < -0.3 is 20.0 Å². The number of amides is 1. The van der Waals surface area contributed by atoms with Crippen molar-refractivity contribution < 1.29 is 4.79 Å². The first-order valence-corrected chi connectivity index (χ1v) is 10.7. The maximum absolute atomic E-state index is 12.7. The number of aromatic nitrogens is 3. The monoisotopic (exact) mass is 410 g/mol. The van der Waals surface area contributed by atoms with Crippen LogP contribution in [-0.2, 0) is 18.4 Å². The van der Waals surface area contributed by atoms with Crippen LogP contribution in [0.4, 0.5) is 11.5 Å². The SMILES string of the molecule is CCNC(=NCc1ccnc(N2CCCC2)c1)N1CCN(c2cnn(C)c2)C(=O)C1. The number of carbonyl (C=O) groups is 1. The molecule has 2 fully saturated rings. The van der Waals surface area contributed by atoms with Crippen LogP contribution in [0.5, 0.6) is 0 Å². The highest BCUT2D eigenvalue weighted by atomic mass is 16.2. The molecule has 1 N–H and O–H groups in total. The van der Waals surface area contributed by atoms with Crippen LogP contribution in [0.25, 0.3) is 0 Å². The lowest BCUT2D eigenvalue weighted by atomic mass is 10.2. The van der Waals surface area contributed by atoms with Gasteiger partial charge in [0.25, 0.3) is 0 Å². The number of aliphatic imine (C=N–C) groups is 1. The maximum atomic E-state index is 12.7. The Kier molecular flexibility index (Phi) is 6.15. The average molecular weight is 411 g/mol. The van der Waals surface area contributed by atoms with Crippen LogP contribution in [0, 0.1) is 0 Å². The summed E-state index contributed by atoms with van der Waals surface area (Å²) in [5, 5.41) is 7.51. The van der Waals surface area contributed by atoms with Crippen molar-refractivity contribution in [1.29, 1.82) is 0 Å². The number of hydrogen-bond acceptors (Lipinski definition) is 5. The molecule has 2 aliphatic rings. The molecule has 0 bridgehead atoms. The molecule has 0 radical (unpaired) electrons. The Balaban J connectivity index is 1.43. The van der Waals surface area contributed by atoms with E-state index in [4.69, 9.17) is 4.99 Å². The van der Waals surface area contributed by atoms with E-state index in [9.17, 15) is 4.79 Å². The molecule has 9 nitrogen and oxygen atoms in total. The van der Waals surface area contributed by atoms with E-state index in [1.54, 1.807) is 15.8 Å². The Bertz CT molecular complexity index is 902. The summed E-state index contributed by atoms with van der Waals surface area (Å²) in [6, 6.07) is 4.14. The molecule has 0 unspecified atom stereocenters. The zero-order valence-electron chi connectivity index (χ0n) is 17.8. The van der Waals surface area contributed by atoms with Crippen LogP contribution in [0.1, 0.15) is 25.3 Å². The van der Waals surface area contributed by atoms with Crippen molar-refractivity contribution in [2.75, 3.05) is 49.1 Å². The highest BCUT2D eigenvalue weighted by Gasteiger charge is 2.27. The van der Waals surface area contributed by atoms with Gasteiger partial charge in [-0.3, -0.25) is 9.48 Å². The number of aryl methyl sites for hydroxylation is 1. The summed E-state index contributed by atoms with van der Waals surface area (Å²) < 4.78 is 1.71. The average Bonchev–Trinajstić information content (AvgIpc) is 3.43. The molecule has 0 atom stereocenters. The fourth-order valence-corrected chi connectivity index (χ4v) is 3.94. The van der Waals surface area contributed by atoms with E-state index in [0.29, 0.717) is 19.6 Å². The Labute approximate surface area is 177 Å². The van der Waals surface area contributed by atoms with E-state index in [-0.39, 0.29) is 5.91 Å². The van der Waals surface area contributed by atoms with Crippen LogP contribution in [0.3, 0.4) is 0 Å². The predicted molar refractivity (Wildman–Crippen MR) is 118 cm³/mol. The van der Waals surface area contributed by atoms with Crippen molar-refractivity contribution >= 4 is 23.4 Å². The van der Waals surface area contributed by atoms with E-state index in [2.05, 4.69) is 26.4 Å². The van der Waals surface area contributed by atoms with Crippen LogP contribution in [0.2, 0.25) is 0 Å².